The van der Waals surface area contributed by atoms with Crippen LogP contribution >= 0.6 is 11.6 Å². The Morgan fingerprint density at radius 3 is 2.18 bits per heavy atom. The van der Waals surface area contributed by atoms with E-state index in [9.17, 15) is 19.5 Å². The van der Waals surface area contributed by atoms with E-state index in [1.807, 2.05) is 0 Å². The number of methoxy groups -OCH3 is 1. The second-order valence-electron chi connectivity index (χ2n) is 10.2. The van der Waals surface area contributed by atoms with Crippen LogP contribution in [0.4, 0.5) is 0 Å². The smallest absolute Gasteiger partial charge is 0.338 e. The number of aliphatic carboxylic acids is 1. The average Bonchev–Trinajstić information content (AvgIpc) is 3.31. The average molecular weight is 639 g/mol. The number of hydrogen-bond acceptors (Lipinski definition) is 7. The molecule has 242 valence electrons. The minimum atomic E-state index is -0.955. The quantitative estimate of drug-likeness (QED) is 0.163. The molecule has 0 radical (unpaired) electrons. The van der Waals surface area contributed by atoms with Crippen LogP contribution in [-0.4, -0.2) is 57.9 Å². The molecule has 0 saturated heterocycles. The number of aliphatic hydroxyl groups excluding tert-OH is 1. The number of aromatic nitrogens is 2. The number of aliphatic hydroxyl groups is 1. The first kappa shape index (κ1) is 37.0. The van der Waals surface area contributed by atoms with Gasteiger partial charge >= 0.3 is 11.9 Å². The number of carbonyl (C=O) groups excluding carboxylic acids is 2. The van der Waals surface area contributed by atoms with Crippen LogP contribution in [0.25, 0.3) is 10.9 Å². The monoisotopic (exact) mass is 638 g/mol. The SMILES string of the molecule is CCCCC(CC)COC(=O)c1ccncc1.CCO.COc1ccc2c(c1)c(CC(=O)O)c(C)n2C(=O)c1ccc(Cl)cc1. The molecular formula is C35H43ClN2O7. The number of carboxylic acid groups (broad SMARTS) is 1. The first-order valence-corrected chi connectivity index (χ1v) is 15.4. The molecule has 2 heterocycles. The number of unbranched alkanes of at least 4 members (excludes halogenated alkanes) is 1. The van der Waals surface area contributed by atoms with Gasteiger partial charge in [0.25, 0.3) is 5.91 Å². The molecule has 0 saturated carbocycles. The van der Waals surface area contributed by atoms with Gasteiger partial charge in [-0.3, -0.25) is 19.1 Å². The number of carboxylic acids is 1. The minimum Gasteiger partial charge on any atom is -0.497 e. The fourth-order valence-corrected chi connectivity index (χ4v) is 4.74. The predicted molar refractivity (Wildman–Crippen MR) is 176 cm³/mol. The number of pyridine rings is 1. The third-order valence-corrected chi connectivity index (χ3v) is 7.33. The third kappa shape index (κ3) is 11.0. The molecule has 10 heteroatoms. The van der Waals surface area contributed by atoms with Crippen molar-refractivity contribution in [1.82, 2.24) is 9.55 Å². The molecule has 1 atom stereocenters. The van der Waals surface area contributed by atoms with Gasteiger partial charge in [0.1, 0.15) is 5.75 Å². The number of fused-ring (bicyclic) bond motifs is 1. The van der Waals surface area contributed by atoms with E-state index < -0.39 is 5.97 Å². The Kier molecular flexibility index (Phi) is 15.8. The predicted octanol–water partition coefficient (Wildman–Crippen LogP) is 7.38. The van der Waals surface area contributed by atoms with Crippen molar-refractivity contribution in [2.45, 2.75) is 59.8 Å². The van der Waals surface area contributed by atoms with Crippen LogP contribution in [0, 0.1) is 12.8 Å². The van der Waals surface area contributed by atoms with E-state index in [-0.39, 0.29) is 24.9 Å². The molecule has 45 heavy (non-hydrogen) atoms. The van der Waals surface area contributed by atoms with Gasteiger partial charge in [-0.25, -0.2) is 4.79 Å². The lowest BCUT2D eigenvalue weighted by Gasteiger charge is -2.14. The van der Waals surface area contributed by atoms with Crippen molar-refractivity contribution in [3.63, 3.8) is 0 Å². The Morgan fingerprint density at radius 1 is 0.978 bits per heavy atom. The summed E-state index contributed by atoms with van der Waals surface area (Å²) in [5.74, 6) is -0.344. The van der Waals surface area contributed by atoms with Gasteiger partial charge in [-0.05, 0) is 86.3 Å². The summed E-state index contributed by atoms with van der Waals surface area (Å²) in [6.45, 7) is 8.52. The van der Waals surface area contributed by atoms with Crippen molar-refractivity contribution >= 4 is 40.3 Å². The molecular weight excluding hydrogens is 596 g/mol. The number of nitrogens with zero attached hydrogens (tertiary/aromatic N) is 2. The summed E-state index contributed by atoms with van der Waals surface area (Å²) in [4.78, 5) is 39.8. The maximum absolute atomic E-state index is 13.0. The second kappa shape index (κ2) is 19.2. The van der Waals surface area contributed by atoms with Crippen molar-refractivity contribution < 1.29 is 34.1 Å². The van der Waals surface area contributed by atoms with E-state index in [1.165, 1.54) is 17.4 Å². The molecule has 0 spiro atoms. The highest BCUT2D eigenvalue weighted by molar-refractivity contribution is 6.30. The van der Waals surface area contributed by atoms with Crippen LogP contribution in [0.3, 0.4) is 0 Å². The number of esters is 1. The van der Waals surface area contributed by atoms with Crippen LogP contribution in [0.15, 0.2) is 67.0 Å². The summed E-state index contributed by atoms with van der Waals surface area (Å²) in [7, 11) is 1.54. The summed E-state index contributed by atoms with van der Waals surface area (Å²) in [6, 6.07) is 15.2. The molecule has 0 amide bonds. The van der Waals surface area contributed by atoms with Crippen LogP contribution in [0.1, 0.15) is 78.4 Å². The number of hydrogen-bond donors (Lipinski definition) is 2. The molecule has 9 nitrogen and oxygen atoms in total. The van der Waals surface area contributed by atoms with Gasteiger partial charge in [-0.1, -0.05) is 44.7 Å². The van der Waals surface area contributed by atoms with Crippen molar-refractivity contribution in [2.24, 2.45) is 5.92 Å². The maximum atomic E-state index is 13.0. The fraction of sp³-hybridized carbons (Fsp3) is 0.371. The summed E-state index contributed by atoms with van der Waals surface area (Å²) in [6.07, 6.45) is 7.62. The van der Waals surface area contributed by atoms with Gasteiger partial charge in [-0.15, -0.1) is 0 Å². The number of ether oxygens (including phenoxy) is 2. The summed E-state index contributed by atoms with van der Waals surface area (Å²) in [5, 5.41) is 18.0. The Morgan fingerprint density at radius 2 is 1.62 bits per heavy atom. The van der Waals surface area contributed by atoms with Crippen molar-refractivity contribution in [3.8, 4) is 5.75 Å². The molecule has 4 rings (SSSR count). The Labute approximate surface area is 269 Å². The number of benzene rings is 2. The lowest BCUT2D eigenvalue weighted by molar-refractivity contribution is -0.136. The van der Waals surface area contributed by atoms with E-state index in [0.717, 1.165) is 12.8 Å². The Bertz CT molecular complexity index is 1520. The molecule has 4 aromatic rings. The van der Waals surface area contributed by atoms with E-state index in [0.29, 0.717) is 56.6 Å². The molecule has 0 aliphatic carbocycles. The minimum absolute atomic E-state index is 0.170. The Balaban J connectivity index is 0.000000307. The van der Waals surface area contributed by atoms with E-state index in [2.05, 4.69) is 18.8 Å². The van der Waals surface area contributed by atoms with Crippen LogP contribution in [0.5, 0.6) is 5.75 Å². The maximum Gasteiger partial charge on any atom is 0.338 e. The lowest BCUT2D eigenvalue weighted by atomic mass is 10.0. The number of carbonyl (C=O) groups is 3. The first-order chi connectivity index (χ1) is 21.6. The van der Waals surface area contributed by atoms with E-state index >= 15 is 0 Å². The zero-order valence-corrected chi connectivity index (χ0v) is 27.3. The highest BCUT2D eigenvalue weighted by Crippen LogP contribution is 2.31. The highest BCUT2D eigenvalue weighted by Gasteiger charge is 2.22. The van der Waals surface area contributed by atoms with Gasteiger partial charge in [0, 0.05) is 40.7 Å². The van der Waals surface area contributed by atoms with Crippen molar-refractivity contribution in [1.29, 1.82) is 0 Å². The standard InChI is InChI=1S/C19H16ClNO4.C14H21NO2.C2H6O/c1-11-15(10-18(22)23)16-9-14(25-2)7-8-17(16)21(11)19(24)12-3-5-13(20)6-4-12;1-3-5-6-12(4-2)11-17-14(16)13-7-9-15-10-8-13;1-2-3/h3-9H,10H2,1-2H3,(H,22,23);7-10,12H,3-6,11H2,1-2H3;3H,2H2,1H3. The fourth-order valence-electron chi connectivity index (χ4n) is 4.61. The summed E-state index contributed by atoms with van der Waals surface area (Å²) >= 11 is 5.89. The molecule has 2 N–H and O–H groups in total. The summed E-state index contributed by atoms with van der Waals surface area (Å²) < 4.78 is 12.1. The zero-order valence-electron chi connectivity index (χ0n) is 26.6. The van der Waals surface area contributed by atoms with Gasteiger partial charge in [0.2, 0.25) is 0 Å². The normalized spacial score (nSPS) is 11.0. The van der Waals surface area contributed by atoms with Crippen LogP contribution in [-0.2, 0) is 16.0 Å². The van der Waals surface area contributed by atoms with Gasteiger partial charge in [0.05, 0.1) is 31.2 Å². The van der Waals surface area contributed by atoms with Gasteiger partial charge < -0.3 is 19.7 Å². The molecule has 1 unspecified atom stereocenters. The molecule has 0 aliphatic heterocycles. The lowest BCUT2D eigenvalue weighted by Crippen LogP contribution is -2.14. The van der Waals surface area contributed by atoms with Crippen LogP contribution in [0.2, 0.25) is 5.02 Å². The van der Waals surface area contributed by atoms with Gasteiger partial charge in [0.15, 0.2) is 0 Å². The largest absolute Gasteiger partial charge is 0.497 e. The van der Waals surface area contributed by atoms with Crippen molar-refractivity contribution in [3.05, 3.63) is 94.4 Å². The molecule has 0 bridgehead atoms. The molecule has 0 fully saturated rings. The third-order valence-electron chi connectivity index (χ3n) is 7.07. The zero-order chi connectivity index (χ0) is 33.4. The van der Waals surface area contributed by atoms with E-state index in [1.54, 1.807) is 87.9 Å². The molecule has 2 aromatic carbocycles. The first-order valence-electron chi connectivity index (χ1n) is 15.0. The second-order valence-corrected chi connectivity index (χ2v) is 10.7. The highest BCUT2D eigenvalue weighted by atomic mass is 35.5. The molecule has 0 aliphatic rings. The Hall–Kier alpha value is -4.21. The summed E-state index contributed by atoms with van der Waals surface area (Å²) in [5.41, 5.74) is 2.90. The molecule has 2 aromatic heterocycles. The number of rotatable bonds is 11. The van der Waals surface area contributed by atoms with Crippen LogP contribution < -0.4 is 4.74 Å². The van der Waals surface area contributed by atoms with Crippen molar-refractivity contribution in [2.75, 3.05) is 20.3 Å². The number of halogens is 1. The topological polar surface area (TPSA) is 128 Å². The van der Waals surface area contributed by atoms with E-state index in [4.69, 9.17) is 26.2 Å². The van der Waals surface area contributed by atoms with Gasteiger partial charge in [-0.2, -0.15) is 0 Å².